The van der Waals surface area contributed by atoms with Crippen LogP contribution < -0.4 is 16.4 Å². The highest BCUT2D eigenvalue weighted by atomic mass is 16.3. The summed E-state index contributed by atoms with van der Waals surface area (Å²) in [6.07, 6.45) is 3.76. The summed E-state index contributed by atoms with van der Waals surface area (Å²) >= 11 is 0. The van der Waals surface area contributed by atoms with Gasteiger partial charge in [-0.15, -0.1) is 0 Å². The molecule has 1 aromatic rings. The first-order chi connectivity index (χ1) is 18.4. The van der Waals surface area contributed by atoms with Gasteiger partial charge in [0.25, 0.3) is 0 Å². The average Bonchev–Trinajstić information content (AvgIpc) is 2.85. The first-order valence-corrected chi connectivity index (χ1v) is 12.7. The van der Waals surface area contributed by atoms with Crippen LogP contribution in [0.15, 0.2) is 24.3 Å². The van der Waals surface area contributed by atoms with Crippen molar-refractivity contribution >= 4 is 40.6 Å². The number of carbonyl (C=O) groups excluding carboxylic acids is 6. The van der Waals surface area contributed by atoms with Crippen LogP contribution in [-0.4, -0.2) is 88.9 Å². The molecule has 0 saturated heterocycles. The second kappa shape index (κ2) is 10.4. The number of nitrogens with zero attached hydrogens (tertiary/aromatic N) is 1. The van der Waals surface area contributed by atoms with Crippen molar-refractivity contribution in [2.45, 2.75) is 31.4 Å². The molecule has 0 aromatic heterocycles. The maximum Gasteiger partial charge on any atom is 0.238 e. The number of carbonyl (C=O) groups is 6. The van der Waals surface area contributed by atoms with Crippen molar-refractivity contribution in [3.8, 4) is 5.75 Å². The summed E-state index contributed by atoms with van der Waals surface area (Å²) in [6, 6.07) is 1.88. The van der Waals surface area contributed by atoms with Crippen molar-refractivity contribution < 1.29 is 39.0 Å². The SMILES string of the molecule is CC=CCNCC(=O)Nc1ccc2c(c1O)C(=O)C1C(=O)[C@]3(O)C(=O)C(C(N)=O)C(=O)[C@@H](N(C)C)C3CC1C2. The molecule has 4 unspecified atom stereocenters. The van der Waals surface area contributed by atoms with Crippen molar-refractivity contribution in [1.29, 1.82) is 0 Å². The quantitative estimate of drug-likeness (QED) is 0.123. The Hall–Kier alpha value is -3.74. The van der Waals surface area contributed by atoms with E-state index in [2.05, 4.69) is 10.6 Å². The van der Waals surface area contributed by atoms with Gasteiger partial charge in [0.1, 0.15) is 5.75 Å². The second-order valence-electron chi connectivity index (χ2n) is 10.5. The van der Waals surface area contributed by atoms with Crippen LogP contribution in [-0.2, 0) is 30.4 Å². The summed E-state index contributed by atoms with van der Waals surface area (Å²) in [6.45, 7) is 2.25. The first kappa shape index (κ1) is 28.3. The number of hydrogen-bond donors (Lipinski definition) is 5. The Bertz CT molecular complexity index is 1300. The van der Waals surface area contributed by atoms with Crippen LogP contribution in [0.4, 0.5) is 5.69 Å². The molecule has 0 aliphatic heterocycles. The Morgan fingerprint density at radius 1 is 1.18 bits per heavy atom. The molecule has 2 saturated carbocycles. The summed E-state index contributed by atoms with van der Waals surface area (Å²) in [4.78, 5) is 79.6. The third kappa shape index (κ3) is 4.48. The predicted molar refractivity (Wildman–Crippen MR) is 138 cm³/mol. The van der Waals surface area contributed by atoms with Crippen LogP contribution in [0, 0.1) is 23.7 Å². The largest absolute Gasteiger partial charge is 0.505 e. The van der Waals surface area contributed by atoms with Crippen LogP contribution >= 0.6 is 0 Å². The van der Waals surface area contributed by atoms with E-state index in [9.17, 15) is 39.0 Å². The van der Waals surface area contributed by atoms with E-state index in [0.717, 1.165) is 0 Å². The first-order valence-electron chi connectivity index (χ1n) is 12.7. The van der Waals surface area contributed by atoms with Crippen LogP contribution in [0.25, 0.3) is 0 Å². The molecule has 0 bridgehead atoms. The van der Waals surface area contributed by atoms with Gasteiger partial charge in [0.15, 0.2) is 34.7 Å². The minimum absolute atomic E-state index is 0.0268. The van der Waals surface area contributed by atoms with Crippen molar-refractivity contribution in [2.24, 2.45) is 29.4 Å². The van der Waals surface area contributed by atoms with Crippen molar-refractivity contribution in [3.05, 3.63) is 35.4 Å². The number of hydrogen-bond acceptors (Lipinski definition) is 10. The highest BCUT2D eigenvalue weighted by Gasteiger charge is 2.69. The Balaban J connectivity index is 1.69. The van der Waals surface area contributed by atoms with Gasteiger partial charge >= 0.3 is 0 Å². The number of amides is 2. The van der Waals surface area contributed by atoms with Gasteiger partial charge in [-0.2, -0.15) is 0 Å². The standard InChI is InChI=1S/C27H32N4O8/c1-4-5-8-29-11-16(32)30-15-7-6-12-9-13-10-14-20(31(2)3)23(35)19(26(28)38)25(37)27(14,39)24(36)18(13)22(34)17(12)21(15)33/h4-7,13-14,18-20,29,33,39H,8-11H2,1-3H3,(H2,28,38)(H,30,32)/t13?,14?,18?,19?,20-,27-/m0/s1. The van der Waals surface area contributed by atoms with Gasteiger partial charge in [0.2, 0.25) is 11.8 Å². The maximum absolute atomic E-state index is 13.8. The van der Waals surface area contributed by atoms with Crippen LogP contribution in [0.2, 0.25) is 0 Å². The molecular weight excluding hydrogens is 508 g/mol. The van der Waals surface area contributed by atoms with E-state index in [0.29, 0.717) is 12.1 Å². The molecule has 3 aliphatic rings. The van der Waals surface area contributed by atoms with Crippen molar-refractivity contribution in [3.63, 3.8) is 0 Å². The Morgan fingerprint density at radius 2 is 1.87 bits per heavy atom. The molecule has 0 heterocycles. The highest BCUT2D eigenvalue weighted by molar-refractivity contribution is 6.32. The molecule has 6 N–H and O–H groups in total. The lowest BCUT2D eigenvalue weighted by molar-refractivity contribution is -0.181. The van der Waals surface area contributed by atoms with Gasteiger partial charge in [-0.3, -0.25) is 33.7 Å². The number of ketones is 4. The fourth-order valence-corrected chi connectivity index (χ4v) is 6.26. The molecule has 0 radical (unpaired) electrons. The second-order valence-corrected chi connectivity index (χ2v) is 10.5. The summed E-state index contributed by atoms with van der Waals surface area (Å²) < 4.78 is 0. The zero-order valence-corrected chi connectivity index (χ0v) is 21.9. The molecule has 4 rings (SSSR count). The van der Waals surface area contributed by atoms with E-state index >= 15 is 0 Å². The van der Waals surface area contributed by atoms with Gasteiger partial charge < -0.3 is 26.6 Å². The molecule has 1 aromatic carbocycles. The van der Waals surface area contributed by atoms with Crippen LogP contribution in [0.1, 0.15) is 29.3 Å². The normalized spacial score (nSPS) is 30.2. The summed E-state index contributed by atoms with van der Waals surface area (Å²) in [7, 11) is 3.05. The number of phenolic OH excluding ortho intramolecular Hbond substituents is 1. The Morgan fingerprint density at radius 3 is 2.49 bits per heavy atom. The average molecular weight is 541 g/mol. The monoisotopic (exact) mass is 540 g/mol. The number of aromatic hydroxyl groups is 1. The fraction of sp³-hybridized carbons (Fsp3) is 0.481. The number of benzene rings is 1. The predicted octanol–water partition coefficient (Wildman–Crippen LogP) is -1.03. The lowest BCUT2D eigenvalue weighted by Crippen LogP contribution is -2.74. The van der Waals surface area contributed by atoms with Crippen molar-refractivity contribution in [1.82, 2.24) is 10.2 Å². The van der Waals surface area contributed by atoms with Gasteiger partial charge in [0, 0.05) is 12.5 Å². The number of rotatable bonds is 7. The summed E-state index contributed by atoms with van der Waals surface area (Å²) in [5.41, 5.74) is 2.76. The molecule has 0 spiro atoms. The molecule has 6 atom stereocenters. The third-order valence-electron chi connectivity index (χ3n) is 7.99. The lowest BCUT2D eigenvalue weighted by atomic mass is 9.52. The minimum Gasteiger partial charge on any atom is -0.505 e. The van der Waals surface area contributed by atoms with Gasteiger partial charge in [0.05, 0.1) is 29.8 Å². The number of fused-ring (bicyclic) bond motifs is 3. The van der Waals surface area contributed by atoms with E-state index in [-0.39, 0.29) is 30.6 Å². The number of primary amides is 1. The highest BCUT2D eigenvalue weighted by Crippen LogP contribution is 2.51. The summed E-state index contributed by atoms with van der Waals surface area (Å²) in [5, 5.41) is 27.9. The van der Waals surface area contributed by atoms with E-state index in [1.54, 1.807) is 6.07 Å². The lowest BCUT2D eigenvalue weighted by Gasteiger charge is -2.52. The molecule has 208 valence electrons. The van der Waals surface area contributed by atoms with Crippen LogP contribution in [0.5, 0.6) is 5.75 Å². The zero-order chi connectivity index (χ0) is 28.8. The molecule has 12 nitrogen and oxygen atoms in total. The molecular formula is C27H32N4O8. The van der Waals surface area contributed by atoms with E-state index in [1.165, 1.54) is 25.1 Å². The molecule has 3 aliphatic carbocycles. The number of aliphatic hydroxyl groups is 1. The molecule has 39 heavy (non-hydrogen) atoms. The molecule has 2 amide bonds. The number of likely N-dealkylation sites (N-methyl/N-ethyl adjacent to an activating group) is 1. The zero-order valence-electron chi connectivity index (χ0n) is 21.9. The number of phenols is 1. The van der Waals surface area contributed by atoms with Crippen molar-refractivity contribution in [2.75, 3.05) is 32.5 Å². The van der Waals surface area contributed by atoms with E-state index in [4.69, 9.17) is 5.73 Å². The van der Waals surface area contributed by atoms with Gasteiger partial charge in [-0.25, -0.2) is 0 Å². The molecule has 12 heteroatoms. The maximum atomic E-state index is 13.8. The Labute approximate surface area is 224 Å². The van der Waals surface area contributed by atoms with E-state index in [1.807, 2.05) is 19.1 Å². The van der Waals surface area contributed by atoms with E-state index < -0.39 is 76.0 Å². The van der Waals surface area contributed by atoms with Gasteiger partial charge in [-0.1, -0.05) is 18.2 Å². The molecule has 2 fully saturated rings. The fourth-order valence-electron chi connectivity index (χ4n) is 6.26. The number of allylic oxidation sites excluding steroid dienone is 1. The van der Waals surface area contributed by atoms with Crippen LogP contribution in [0.3, 0.4) is 0 Å². The Kier molecular flexibility index (Phi) is 7.57. The smallest absolute Gasteiger partial charge is 0.238 e. The summed E-state index contributed by atoms with van der Waals surface area (Å²) in [5.74, 6) is -11.7. The third-order valence-corrected chi connectivity index (χ3v) is 7.99. The topological polar surface area (TPSA) is 196 Å². The number of nitrogens with two attached hydrogens (primary N) is 1. The number of nitrogens with one attached hydrogen (secondary N) is 2. The number of anilines is 1. The minimum atomic E-state index is -2.78. The van der Waals surface area contributed by atoms with Gasteiger partial charge in [-0.05, 0) is 51.4 Å². The number of Topliss-reactive ketones (excluding diaryl/α,β-unsaturated/α-hetero) is 4.